The summed E-state index contributed by atoms with van der Waals surface area (Å²) >= 11 is 0. The van der Waals surface area contributed by atoms with Gasteiger partial charge < -0.3 is 9.47 Å². The van der Waals surface area contributed by atoms with Gasteiger partial charge in [0.2, 0.25) is 0 Å². The summed E-state index contributed by atoms with van der Waals surface area (Å²) in [6, 6.07) is -1.07. The number of hydrogen-bond donors (Lipinski definition) is 1. The molecule has 8 nitrogen and oxygen atoms in total. The van der Waals surface area contributed by atoms with Crippen LogP contribution in [0.15, 0.2) is 0 Å². The van der Waals surface area contributed by atoms with Crippen molar-refractivity contribution in [1.82, 2.24) is 9.03 Å². The van der Waals surface area contributed by atoms with Gasteiger partial charge in [-0.3, -0.25) is 4.79 Å². The fraction of sp³-hybridized carbons (Fsp3) is 0.714. The number of ether oxygens (including phenoxy) is 2. The molecule has 0 aromatic heterocycles. The summed E-state index contributed by atoms with van der Waals surface area (Å²) in [5.41, 5.74) is 0. The van der Waals surface area contributed by atoms with Crippen LogP contribution in [0.3, 0.4) is 0 Å². The van der Waals surface area contributed by atoms with E-state index in [1.807, 2.05) is 4.72 Å². The molecule has 0 spiro atoms. The molecular weight excluding hydrogens is 240 g/mol. The van der Waals surface area contributed by atoms with Gasteiger partial charge in [-0.1, -0.05) is 0 Å². The maximum atomic E-state index is 11.6. The Balaban J connectivity index is 2.72. The van der Waals surface area contributed by atoms with Crippen molar-refractivity contribution < 1.29 is 27.5 Å². The van der Waals surface area contributed by atoms with Crippen molar-refractivity contribution in [1.29, 1.82) is 0 Å². The van der Waals surface area contributed by atoms with Gasteiger partial charge in [-0.15, -0.1) is 0 Å². The van der Waals surface area contributed by atoms with E-state index in [4.69, 9.17) is 0 Å². The summed E-state index contributed by atoms with van der Waals surface area (Å²) in [6.45, 7) is 1.25. The van der Waals surface area contributed by atoms with E-state index in [-0.39, 0.29) is 13.2 Å². The summed E-state index contributed by atoms with van der Waals surface area (Å²) in [5, 5.41) is 0. The fourth-order valence-electron chi connectivity index (χ4n) is 1.11. The molecule has 0 saturated carbocycles. The first-order valence-corrected chi connectivity index (χ1v) is 5.87. The summed E-state index contributed by atoms with van der Waals surface area (Å²) in [5.74, 6) is -0.740. The molecule has 1 aliphatic heterocycles. The number of methoxy groups -OCH3 is 1. The molecule has 0 aliphatic carbocycles. The zero-order valence-corrected chi connectivity index (χ0v) is 9.61. The summed E-state index contributed by atoms with van der Waals surface area (Å²) in [7, 11) is -2.92. The predicted octanol–water partition coefficient (Wildman–Crippen LogP) is -1.17. The molecule has 1 heterocycles. The van der Waals surface area contributed by atoms with E-state index in [9.17, 15) is 18.0 Å². The first-order valence-electron chi connectivity index (χ1n) is 4.43. The molecule has 1 atom stereocenters. The van der Waals surface area contributed by atoms with Crippen LogP contribution < -0.4 is 4.72 Å². The van der Waals surface area contributed by atoms with Crippen molar-refractivity contribution in [3.8, 4) is 0 Å². The second-order valence-electron chi connectivity index (χ2n) is 3.05. The number of amides is 1. The minimum Gasteiger partial charge on any atom is -0.468 e. The number of rotatable bonds is 4. The van der Waals surface area contributed by atoms with Gasteiger partial charge in [0.05, 0.1) is 13.7 Å². The second-order valence-corrected chi connectivity index (χ2v) is 4.68. The Morgan fingerprint density at radius 2 is 2.25 bits per heavy atom. The first-order chi connectivity index (χ1) is 7.38. The van der Waals surface area contributed by atoms with Crippen LogP contribution in [0.5, 0.6) is 0 Å². The summed E-state index contributed by atoms with van der Waals surface area (Å²) in [4.78, 5) is 22.0. The van der Waals surface area contributed by atoms with E-state index < -0.39 is 28.3 Å². The molecule has 1 saturated heterocycles. The number of hydrogen-bond acceptors (Lipinski definition) is 6. The van der Waals surface area contributed by atoms with Crippen LogP contribution in [0.4, 0.5) is 4.79 Å². The lowest BCUT2D eigenvalue weighted by Gasteiger charge is -2.17. The van der Waals surface area contributed by atoms with Gasteiger partial charge in [-0.2, -0.15) is 17.4 Å². The van der Waals surface area contributed by atoms with Crippen LogP contribution in [-0.2, 0) is 24.5 Å². The molecule has 92 valence electrons. The summed E-state index contributed by atoms with van der Waals surface area (Å²) < 4.78 is 34.5. The van der Waals surface area contributed by atoms with Gasteiger partial charge >= 0.3 is 22.3 Å². The minimum absolute atomic E-state index is 0.00630. The molecule has 0 bridgehead atoms. The Labute approximate surface area is 92.7 Å². The highest BCUT2D eigenvalue weighted by atomic mass is 32.2. The van der Waals surface area contributed by atoms with E-state index in [1.165, 1.54) is 6.92 Å². The minimum atomic E-state index is -4.06. The van der Waals surface area contributed by atoms with E-state index >= 15 is 0 Å². The highest BCUT2D eigenvalue weighted by Crippen LogP contribution is 2.08. The maximum Gasteiger partial charge on any atom is 0.424 e. The molecule has 0 aromatic rings. The SMILES string of the molecule is COC(=O)C(C)NS(=O)(=O)N1CCOC1=O. The Hall–Kier alpha value is -1.35. The monoisotopic (exact) mass is 252 g/mol. The number of cyclic esters (lactones) is 1. The van der Waals surface area contributed by atoms with E-state index in [0.29, 0.717) is 4.31 Å². The zero-order chi connectivity index (χ0) is 12.3. The lowest BCUT2D eigenvalue weighted by atomic mass is 10.4. The van der Waals surface area contributed by atoms with Crippen molar-refractivity contribution in [2.45, 2.75) is 13.0 Å². The normalized spacial score (nSPS) is 18.1. The van der Waals surface area contributed by atoms with Crippen molar-refractivity contribution in [2.75, 3.05) is 20.3 Å². The Morgan fingerprint density at radius 1 is 1.62 bits per heavy atom. The number of carbonyl (C=O) groups excluding carboxylic acids is 2. The summed E-state index contributed by atoms with van der Waals surface area (Å²) in [6.07, 6.45) is -0.954. The van der Waals surface area contributed by atoms with Crippen LogP contribution in [0, 0.1) is 0 Å². The highest BCUT2D eigenvalue weighted by Gasteiger charge is 2.35. The van der Waals surface area contributed by atoms with Gasteiger partial charge in [0.25, 0.3) is 0 Å². The van der Waals surface area contributed by atoms with Crippen molar-refractivity contribution in [3.63, 3.8) is 0 Å². The molecule has 9 heteroatoms. The second kappa shape index (κ2) is 4.66. The van der Waals surface area contributed by atoms with Crippen molar-refractivity contribution >= 4 is 22.3 Å². The molecule has 1 amide bonds. The van der Waals surface area contributed by atoms with Gasteiger partial charge in [-0.25, -0.2) is 4.79 Å². The molecular formula is C7H12N2O6S. The fourth-order valence-corrected chi connectivity index (χ4v) is 2.34. The van der Waals surface area contributed by atoms with Crippen molar-refractivity contribution in [3.05, 3.63) is 0 Å². The standard InChI is InChI=1S/C7H12N2O6S/c1-5(6(10)14-2)8-16(12,13)9-3-4-15-7(9)11/h5,8H,3-4H2,1-2H3. The largest absolute Gasteiger partial charge is 0.468 e. The smallest absolute Gasteiger partial charge is 0.424 e. The first kappa shape index (κ1) is 12.7. The number of carbonyl (C=O) groups is 2. The van der Waals surface area contributed by atoms with Crippen molar-refractivity contribution in [2.24, 2.45) is 0 Å². The third-order valence-electron chi connectivity index (χ3n) is 1.89. The topological polar surface area (TPSA) is 102 Å². The van der Waals surface area contributed by atoms with Crippen LogP contribution in [0.1, 0.15) is 6.92 Å². The van der Waals surface area contributed by atoms with E-state index in [0.717, 1.165) is 7.11 Å². The molecule has 1 N–H and O–H groups in total. The van der Waals surface area contributed by atoms with Gasteiger partial charge in [0, 0.05) is 0 Å². The average Bonchev–Trinajstić information content (AvgIpc) is 2.63. The maximum absolute atomic E-state index is 11.6. The molecule has 1 rings (SSSR count). The Kier molecular flexibility index (Phi) is 3.70. The van der Waals surface area contributed by atoms with Gasteiger partial charge in [0.1, 0.15) is 12.6 Å². The van der Waals surface area contributed by atoms with Crippen LogP contribution in [0.2, 0.25) is 0 Å². The molecule has 1 aliphatic rings. The van der Waals surface area contributed by atoms with Gasteiger partial charge in [-0.05, 0) is 6.92 Å². The molecule has 0 aromatic carbocycles. The molecule has 1 unspecified atom stereocenters. The molecule has 1 fully saturated rings. The van der Waals surface area contributed by atoms with Crippen LogP contribution in [0.25, 0.3) is 0 Å². The van der Waals surface area contributed by atoms with Crippen LogP contribution >= 0.6 is 0 Å². The lowest BCUT2D eigenvalue weighted by molar-refractivity contribution is -0.142. The molecule has 0 radical (unpaired) electrons. The average molecular weight is 252 g/mol. The Bertz CT molecular complexity index is 392. The highest BCUT2D eigenvalue weighted by molar-refractivity contribution is 7.87. The number of nitrogens with one attached hydrogen (secondary N) is 1. The number of esters is 1. The quantitative estimate of drug-likeness (QED) is 0.633. The Morgan fingerprint density at radius 3 is 2.69 bits per heavy atom. The lowest BCUT2D eigenvalue weighted by Crippen LogP contribution is -2.47. The van der Waals surface area contributed by atoms with E-state index in [2.05, 4.69) is 9.47 Å². The number of nitrogens with zero attached hydrogens (tertiary/aromatic N) is 1. The van der Waals surface area contributed by atoms with Gasteiger partial charge in [0.15, 0.2) is 0 Å². The molecule has 16 heavy (non-hydrogen) atoms. The van der Waals surface area contributed by atoms with Crippen LogP contribution in [-0.4, -0.2) is 51.1 Å². The predicted molar refractivity (Wildman–Crippen MR) is 51.6 cm³/mol. The zero-order valence-electron chi connectivity index (χ0n) is 8.80. The van der Waals surface area contributed by atoms with E-state index in [1.54, 1.807) is 0 Å². The third kappa shape index (κ3) is 2.61. The third-order valence-corrected chi connectivity index (χ3v) is 3.46.